The molecular weight excluding hydrogens is 347 g/mol. The number of nitrogens with two attached hydrogens (primary N) is 1. The first-order chi connectivity index (χ1) is 8.61. The molecule has 0 aliphatic carbocycles. The molecule has 18 heavy (non-hydrogen) atoms. The fraction of sp³-hybridized carbons (Fsp3) is 0.0909. The van der Waals surface area contributed by atoms with Crippen molar-refractivity contribution in [1.29, 1.82) is 0 Å². The number of halogens is 1. The molecule has 0 aliphatic heterocycles. The number of H-pyrrole nitrogens is 1. The fourth-order valence-electron chi connectivity index (χ4n) is 1.39. The average Bonchev–Trinajstić information content (AvgIpc) is 2.78. The fourth-order valence-corrected chi connectivity index (χ4v) is 1.89. The highest BCUT2D eigenvalue weighted by molar-refractivity contribution is 14.1. The van der Waals surface area contributed by atoms with Gasteiger partial charge in [-0.05, 0) is 34.7 Å². The van der Waals surface area contributed by atoms with Crippen LogP contribution in [0, 0.1) is 3.57 Å². The van der Waals surface area contributed by atoms with Gasteiger partial charge >= 0.3 is 0 Å². The number of aromatic nitrogens is 2. The highest BCUT2D eigenvalue weighted by Crippen LogP contribution is 2.25. The van der Waals surface area contributed by atoms with Gasteiger partial charge in [-0.1, -0.05) is 0 Å². The second kappa shape index (κ2) is 5.25. The molecule has 1 aromatic carbocycles. The van der Waals surface area contributed by atoms with Crippen LogP contribution >= 0.6 is 22.6 Å². The van der Waals surface area contributed by atoms with Crippen molar-refractivity contribution in [1.82, 2.24) is 10.2 Å². The molecule has 0 saturated carbocycles. The molecule has 2 aromatic rings. The van der Waals surface area contributed by atoms with Gasteiger partial charge in [0.15, 0.2) is 5.69 Å². The Labute approximate surface area is 117 Å². The number of hydrogen-bond acceptors (Lipinski definition) is 4. The topological polar surface area (TPSA) is 93.0 Å². The van der Waals surface area contributed by atoms with Crippen LogP contribution in [0.3, 0.4) is 0 Å². The van der Waals surface area contributed by atoms with E-state index in [9.17, 15) is 4.79 Å². The van der Waals surface area contributed by atoms with Crippen LogP contribution in [0.5, 0.6) is 5.75 Å². The van der Waals surface area contributed by atoms with Crippen LogP contribution in [0.4, 0.5) is 11.4 Å². The zero-order chi connectivity index (χ0) is 13.1. The Hall–Kier alpha value is -1.77. The van der Waals surface area contributed by atoms with Gasteiger partial charge in [-0.2, -0.15) is 5.10 Å². The summed E-state index contributed by atoms with van der Waals surface area (Å²) in [5.74, 6) is 0.303. The minimum Gasteiger partial charge on any atom is -0.497 e. The Kier molecular flexibility index (Phi) is 3.70. The van der Waals surface area contributed by atoms with Crippen molar-refractivity contribution in [3.05, 3.63) is 33.7 Å². The van der Waals surface area contributed by atoms with E-state index >= 15 is 0 Å². The number of anilines is 2. The summed E-state index contributed by atoms with van der Waals surface area (Å²) in [5, 5.41) is 9.19. The largest absolute Gasteiger partial charge is 0.497 e. The maximum atomic E-state index is 12.0. The van der Waals surface area contributed by atoms with Gasteiger partial charge in [0, 0.05) is 12.3 Å². The van der Waals surface area contributed by atoms with E-state index in [2.05, 4.69) is 15.5 Å². The summed E-state index contributed by atoms with van der Waals surface area (Å²) in [5.41, 5.74) is 7.08. The third-order valence-corrected chi connectivity index (χ3v) is 3.14. The van der Waals surface area contributed by atoms with Crippen LogP contribution < -0.4 is 15.8 Å². The van der Waals surface area contributed by atoms with E-state index in [-0.39, 0.29) is 5.91 Å². The summed E-state index contributed by atoms with van der Waals surface area (Å²) in [7, 11) is 1.55. The predicted octanol–water partition coefficient (Wildman–Crippen LogP) is 1.86. The quantitative estimate of drug-likeness (QED) is 0.577. The van der Waals surface area contributed by atoms with Crippen LogP contribution in [0.2, 0.25) is 0 Å². The van der Waals surface area contributed by atoms with Crippen molar-refractivity contribution in [2.24, 2.45) is 0 Å². The standard InChI is InChI=1S/C11H11IN4O2/c1-18-6-2-3-8(13)9(4-6)15-11(17)10-7(12)5-14-16-10/h2-5H,13H2,1H3,(H,14,16)(H,15,17). The van der Waals surface area contributed by atoms with Crippen molar-refractivity contribution in [2.75, 3.05) is 18.2 Å². The molecule has 1 aromatic heterocycles. The molecule has 1 amide bonds. The predicted molar refractivity (Wildman–Crippen MR) is 76.7 cm³/mol. The van der Waals surface area contributed by atoms with Crippen LogP contribution in [-0.2, 0) is 0 Å². The number of nitrogens with zero attached hydrogens (tertiary/aromatic N) is 1. The number of aromatic amines is 1. The first-order valence-electron chi connectivity index (χ1n) is 5.06. The van der Waals surface area contributed by atoms with Crippen molar-refractivity contribution < 1.29 is 9.53 Å². The summed E-state index contributed by atoms with van der Waals surface area (Å²) in [6.07, 6.45) is 1.64. The molecule has 2 rings (SSSR count). The molecule has 6 nitrogen and oxygen atoms in total. The second-order valence-corrected chi connectivity index (χ2v) is 4.65. The van der Waals surface area contributed by atoms with Gasteiger partial charge in [0.05, 0.1) is 22.1 Å². The number of hydrogen-bond donors (Lipinski definition) is 3. The van der Waals surface area contributed by atoms with E-state index in [0.717, 1.165) is 3.57 Å². The summed E-state index contributed by atoms with van der Waals surface area (Å²) < 4.78 is 5.82. The van der Waals surface area contributed by atoms with Crippen molar-refractivity contribution in [3.63, 3.8) is 0 Å². The Balaban J connectivity index is 2.24. The number of ether oxygens (including phenoxy) is 1. The molecule has 0 spiro atoms. The van der Waals surface area contributed by atoms with Gasteiger partial charge in [0.2, 0.25) is 0 Å². The molecule has 1 heterocycles. The number of methoxy groups -OCH3 is 1. The Morgan fingerprint density at radius 1 is 1.56 bits per heavy atom. The Bertz CT molecular complexity index is 582. The monoisotopic (exact) mass is 358 g/mol. The molecular formula is C11H11IN4O2. The molecule has 7 heteroatoms. The second-order valence-electron chi connectivity index (χ2n) is 3.49. The van der Waals surface area contributed by atoms with Gasteiger partial charge in [-0.25, -0.2) is 0 Å². The highest BCUT2D eigenvalue weighted by atomic mass is 127. The van der Waals surface area contributed by atoms with E-state index in [1.807, 2.05) is 22.6 Å². The van der Waals surface area contributed by atoms with E-state index in [4.69, 9.17) is 10.5 Å². The van der Waals surface area contributed by atoms with Gasteiger partial charge in [-0.15, -0.1) is 0 Å². The number of benzene rings is 1. The summed E-state index contributed by atoms with van der Waals surface area (Å²) in [6.45, 7) is 0. The zero-order valence-electron chi connectivity index (χ0n) is 9.53. The first kappa shape index (κ1) is 12.7. The zero-order valence-corrected chi connectivity index (χ0v) is 11.7. The van der Waals surface area contributed by atoms with Gasteiger partial charge in [0.25, 0.3) is 5.91 Å². The lowest BCUT2D eigenvalue weighted by molar-refractivity contribution is 0.102. The van der Waals surface area contributed by atoms with Crippen LogP contribution in [0.15, 0.2) is 24.4 Å². The van der Waals surface area contributed by atoms with E-state index < -0.39 is 0 Å². The number of rotatable bonds is 3. The third-order valence-electron chi connectivity index (χ3n) is 2.32. The van der Waals surface area contributed by atoms with Crippen molar-refractivity contribution in [2.45, 2.75) is 0 Å². The number of nitrogen functional groups attached to an aromatic ring is 1. The molecule has 0 radical (unpaired) electrons. The first-order valence-corrected chi connectivity index (χ1v) is 6.14. The molecule has 94 valence electrons. The van der Waals surface area contributed by atoms with Crippen LogP contribution in [-0.4, -0.2) is 23.2 Å². The number of nitrogens with one attached hydrogen (secondary N) is 2. The lowest BCUT2D eigenvalue weighted by Crippen LogP contribution is -2.15. The summed E-state index contributed by atoms with van der Waals surface area (Å²) in [4.78, 5) is 12.0. The maximum absolute atomic E-state index is 12.0. The number of amides is 1. The van der Waals surface area contributed by atoms with Gasteiger partial charge in [-0.3, -0.25) is 9.89 Å². The maximum Gasteiger partial charge on any atom is 0.277 e. The lowest BCUT2D eigenvalue weighted by Gasteiger charge is -2.09. The van der Waals surface area contributed by atoms with Crippen molar-refractivity contribution >= 4 is 39.9 Å². The van der Waals surface area contributed by atoms with E-state index in [1.54, 1.807) is 31.5 Å². The average molecular weight is 358 g/mol. The van der Waals surface area contributed by atoms with Crippen LogP contribution in [0.1, 0.15) is 10.5 Å². The smallest absolute Gasteiger partial charge is 0.277 e. The number of carbonyl (C=O) groups excluding carboxylic acids is 1. The van der Waals surface area contributed by atoms with E-state index in [1.165, 1.54) is 0 Å². The molecule has 4 N–H and O–H groups in total. The minimum atomic E-state index is -0.319. The normalized spacial score (nSPS) is 10.1. The molecule has 0 bridgehead atoms. The molecule has 0 fully saturated rings. The summed E-state index contributed by atoms with van der Waals surface area (Å²) >= 11 is 2.03. The Morgan fingerprint density at radius 2 is 2.33 bits per heavy atom. The highest BCUT2D eigenvalue weighted by Gasteiger charge is 2.14. The molecule has 0 saturated heterocycles. The van der Waals surface area contributed by atoms with Gasteiger partial charge in [0.1, 0.15) is 5.75 Å². The SMILES string of the molecule is COc1ccc(N)c(NC(=O)c2n[nH]cc2I)c1. The van der Waals surface area contributed by atoms with Crippen LogP contribution in [0.25, 0.3) is 0 Å². The lowest BCUT2D eigenvalue weighted by atomic mass is 10.2. The minimum absolute atomic E-state index is 0.319. The number of carbonyl (C=O) groups is 1. The summed E-state index contributed by atoms with van der Waals surface area (Å²) in [6, 6.07) is 5.06. The van der Waals surface area contributed by atoms with Crippen molar-refractivity contribution in [3.8, 4) is 5.75 Å². The molecule has 0 unspecified atom stereocenters. The molecule has 0 atom stereocenters. The van der Waals surface area contributed by atoms with E-state index in [0.29, 0.717) is 22.8 Å². The Morgan fingerprint density at radius 3 is 2.94 bits per heavy atom. The van der Waals surface area contributed by atoms with Gasteiger partial charge < -0.3 is 15.8 Å². The third kappa shape index (κ3) is 2.55. The molecule has 0 aliphatic rings.